The lowest BCUT2D eigenvalue weighted by atomic mass is 10.4. The zero-order valence-corrected chi connectivity index (χ0v) is 12.0. The Balaban J connectivity index is 3.54. The summed E-state index contributed by atoms with van der Waals surface area (Å²) in [6, 6.07) is 0. The van der Waals surface area contributed by atoms with E-state index in [1.807, 2.05) is 0 Å². The van der Waals surface area contributed by atoms with Crippen LogP contribution in [0.25, 0.3) is 0 Å². The van der Waals surface area contributed by atoms with Crippen molar-refractivity contribution in [3.8, 4) is 5.75 Å². The summed E-state index contributed by atoms with van der Waals surface area (Å²) >= 11 is 1.13. The van der Waals surface area contributed by atoms with Gasteiger partial charge in [0.05, 0.1) is 11.1 Å². The van der Waals surface area contributed by atoms with Crippen LogP contribution in [0.3, 0.4) is 0 Å². The maximum atomic E-state index is 12.0. The summed E-state index contributed by atoms with van der Waals surface area (Å²) in [4.78, 5) is 12.5. The zero-order chi connectivity index (χ0) is 15.0. The average molecular weight is 433 g/mol. The molecule has 19 heavy (non-hydrogen) atoms. The molecule has 1 aromatic heterocycles. The normalized spacial score (nSPS) is 12.3. The molecule has 0 amide bonds. The number of aromatic nitrogens is 1. The highest BCUT2D eigenvalue weighted by molar-refractivity contribution is 14.1. The minimum absolute atomic E-state index is 0.386. The number of halogens is 5. The molecule has 0 aliphatic rings. The van der Waals surface area contributed by atoms with Crippen LogP contribution in [0.15, 0.2) is 11.2 Å². The van der Waals surface area contributed by atoms with Crippen molar-refractivity contribution < 1.29 is 31.2 Å². The quantitative estimate of drug-likeness (QED) is 0.315. The topological polar surface area (TPSA) is 99.4 Å². The van der Waals surface area contributed by atoms with Gasteiger partial charge in [-0.2, -0.15) is 0 Å². The molecule has 0 bridgehead atoms. The first kappa shape index (κ1) is 16.2. The summed E-state index contributed by atoms with van der Waals surface area (Å²) in [5, 5.41) is 9.55. The van der Waals surface area contributed by atoms with Gasteiger partial charge in [0.25, 0.3) is 14.1 Å². The summed E-state index contributed by atoms with van der Waals surface area (Å²) in [5.74, 6) is -0.996. The van der Waals surface area contributed by atoms with E-state index in [-0.39, 0.29) is 0 Å². The second kappa shape index (κ2) is 5.24. The van der Waals surface area contributed by atoms with Crippen molar-refractivity contribution in [3.63, 3.8) is 0 Å². The molecule has 1 aromatic rings. The van der Waals surface area contributed by atoms with Gasteiger partial charge in [0.15, 0.2) is 5.75 Å². The molecule has 1 heterocycles. The van der Waals surface area contributed by atoms with E-state index in [0.717, 1.165) is 22.6 Å². The molecule has 0 atom stereocenters. The minimum atomic E-state index is -5.10. The summed E-state index contributed by atoms with van der Waals surface area (Å²) in [6.45, 7) is 0. The Morgan fingerprint density at radius 1 is 1.47 bits per heavy atom. The van der Waals surface area contributed by atoms with E-state index in [1.54, 1.807) is 0 Å². The molecule has 106 valence electrons. The number of pyridine rings is 1. The SMILES string of the molecule is O=[N+]([O-])c1c(S(=O)(=O)Cl)ncc(OC(F)(F)F)c1I. The third-order valence-electron chi connectivity index (χ3n) is 1.57. The molecule has 0 spiro atoms. The molecule has 0 aromatic carbocycles. The molecule has 1 rings (SSSR count). The smallest absolute Gasteiger partial charge is 0.403 e. The zero-order valence-electron chi connectivity index (χ0n) is 8.31. The van der Waals surface area contributed by atoms with E-state index in [2.05, 4.69) is 9.72 Å². The molecular weight excluding hydrogens is 431 g/mol. The molecule has 0 unspecified atom stereocenters. The fourth-order valence-electron chi connectivity index (χ4n) is 0.978. The molecule has 0 saturated carbocycles. The van der Waals surface area contributed by atoms with Crippen molar-refractivity contribution in [1.82, 2.24) is 4.98 Å². The molecule has 0 fully saturated rings. The van der Waals surface area contributed by atoms with Crippen LogP contribution in [0.1, 0.15) is 0 Å². The van der Waals surface area contributed by atoms with Crippen LogP contribution in [0.2, 0.25) is 0 Å². The first-order chi connectivity index (χ1) is 8.43. The van der Waals surface area contributed by atoms with Crippen molar-refractivity contribution in [2.75, 3.05) is 0 Å². The number of alkyl halides is 3. The fourth-order valence-corrected chi connectivity index (χ4v) is 2.79. The van der Waals surface area contributed by atoms with E-state index in [0.29, 0.717) is 6.20 Å². The van der Waals surface area contributed by atoms with Crippen LogP contribution >= 0.6 is 33.3 Å². The predicted molar refractivity (Wildman–Crippen MR) is 63.3 cm³/mol. The van der Waals surface area contributed by atoms with Gasteiger partial charge in [0, 0.05) is 10.7 Å². The van der Waals surface area contributed by atoms with Crippen molar-refractivity contribution in [1.29, 1.82) is 0 Å². The Morgan fingerprint density at radius 3 is 2.37 bits per heavy atom. The number of hydrogen-bond acceptors (Lipinski definition) is 6. The Kier molecular flexibility index (Phi) is 4.46. The summed E-state index contributed by atoms with van der Waals surface area (Å²) < 4.78 is 60.9. The molecule has 0 aliphatic carbocycles. The lowest BCUT2D eigenvalue weighted by Gasteiger charge is -2.10. The number of ether oxygens (including phenoxy) is 1. The van der Waals surface area contributed by atoms with Gasteiger partial charge in [-0.05, 0) is 22.6 Å². The van der Waals surface area contributed by atoms with Gasteiger partial charge in [-0.1, -0.05) is 0 Å². The molecule has 0 aliphatic heterocycles. The Labute approximate surface area is 121 Å². The van der Waals surface area contributed by atoms with E-state index in [4.69, 9.17) is 10.7 Å². The van der Waals surface area contributed by atoms with Crippen LogP contribution in [-0.2, 0) is 9.05 Å². The molecule has 7 nitrogen and oxygen atoms in total. The van der Waals surface area contributed by atoms with Crippen LogP contribution in [0.5, 0.6) is 5.75 Å². The number of nitro groups is 1. The molecule has 0 radical (unpaired) electrons. The predicted octanol–water partition coefficient (Wildman–Crippen LogP) is 2.42. The van der Waals surface area contributed by atoms with Crippen molar-refractivity contribution >= 4 is 48.0 Å². The highest BCUT2D eigenvalue weighted by atomic mass is 127. The van der Waals surface area contributed by atoms with Crippen LogP contribution in [0.4, 0.5) is 18.9 Å². The maximum absolute atomic E-state index is 12.0. The van der Waals surface area contributed by atoms with Gasteiger partial charge < -0.3 is 4.74 Å². The second-order valence-corrected chi connectivity index (χ2v) is 6.39. The van der Waals surface area contributed by atoms with E-state index in [1.165, 1.54) is 0 Å². The van der Waals surface area contributed by atoms with Crippen molar-refractivity contribution in [3.05, 3.63) is 19.9 Å². The Morgan fingerprint density at radius 2 is 2.00 bits per heavy atom. The minimum Gasteiger partial charge on any atom is -0.403 e. The van der Waals surface area contributed by atoms with Crippen LogP contribution < -0.4 is 4.74 Å². The highest BCUT2D eigenvalue weighted by Crippen LogP contribution is 2.37. The second-order valence-electron chi connectivity index (χ2n) is 2.83. The highest BCUT2D eigenvalue weighted by Gasteiger charge is 2.37. The first-order valence-electron chi connectivity index (χ1n) is 3.97. The largest absolute Gasteiger partial charge is 0.573 e. The lowest BCUT2D eigenvalue weighted by Crippen LogP contribution is -2.19. The maximum Gasteiger partial charge on any atom is 0.573 e. The average Bonchev–Trinajstić information content (AvgIpc) is 2.16. The molecule has 13 heteroatoms. The van der Waals surface area contributed by atoms with E-state index in [9.17, 15) is 31.7 Å². The monoisotopic (exact) mass is 432 g/mol. The number of rotatable bonds is 3. The number of nitrogens with zero attached hydrogens (tertiary/aromatic N) is 2. The summed E-state index contributed by atoms with van der Waals surface area (Å²) in [6.07, 6.45) is -4.71. The van der Waals surface area contributed by atoms with E-state index < -0.39 is 40.4 Å². The van der Waals surface area contributed by atoms with Crippen LogP contribution in [-0.4, -0.2) is 24.7 Å². The van der Waals surface area contributed by atoms with Crippen molar-refractivity contribution in [2.24, 2.45) is 0 Å². The molecule has 0 saturated heterocycles. The Hall–Kier alpha value is -0.890. The van der Waals surface area contributed by atoms with Gasteiger partial charge in [0.1, 0.15) is 3.57 Å². The third-order valence-corrected chi connectivity index (χ3v) is 3.81. The molecule has 0 N–H and O–H groups in total. The van der Waals surface area contributed by atoms with Crippen LogP contribution in [0, 0.1) is 13.7 Å². The Bertz CT molecular complexity index is 634. The van der Waals surface area contributed by atoms with Gasteiger partial charge >= 0.3 is 12.0 Å². The molecular formula is C6HClF3IN2O5S. The van der Waals surface area contributed by atoms with E-state index >= 15 is 0 Å². The van der Waals surface area contributed by atoms with Gasteiger partial charge in [0.2, 0.25) is 0 Å². The fraction of sp³-hybridized carbons (Fsp3) is 0.167. The van der Waals surface area contributed by atoms with Gasteiger partial charge in [-0.15, -0.1) is 13.2 Å². The summed E-state index contributed by atoms with van der Waals surface area (Å²) in [5.41, 5.74) is -1.18. The van der Waals surface area contributed by atoms with Crippen molar-refractivity contribution in [2.45, 2.75) is 11.4 Å². The van der Waals surface area contributed by atoms with Gasteiger partial charge in [-0.25, -0.2) is 13.4 Å². The third kappa shape index (κ3) is 4.04. The van der Waals surface area contributed by atoms with Gasteiger partial charge in [-0.3, -0.25) is 10.1 Å². The number of hydrogen-bond donors (Lipinski definition) is 0. The first-order valence-corrected chi connectivity index (χ1v) is 7.35. The summed E-state index contributed by atoms with van der Waals surface area (Å²) in [7, 11) is 0.320. The standard InChI is InChI=1S/C6HClF3IN2O5S/c7-19(16,17)5-4(13(14)15)3(11)2(1-12-5)18-6(8,9)10/h1H. The lowest BCUT2D eigenvalue weighted by molar-refractivity contribution is -0.389.